The van der Waals surface area contributed by atoms with Crippen LogP contribution in [0.1, 0.15) is 58.8 Å². The molecule has 2 heteroatoms. The Morgan fingerprint density at radius 1 is 0.733 bits per heavy atom. The van der Waals surface area contributed by atoms with Gasteiger partial charge >= 0.3 is 0 Å². The van der Waals surface area contributed by atoms with Crippen LogP contribution in [0.3, 0.4) is 0 Å². The summed E-state index contributed by atoms with van der Waals surface area (Å²) in [6.07, 6.45) is 9.21. The Bertz CT molecular complexity index is 117. The third-order valence-corrected chi connectivity index (χ3v) is 2.82. The molecule has 0 fully saturated rings. The molecular weight excluding hydrogens is 186 g/mol. The van der Waals surface area contributed by atoms with Crippen molar-refractivity contribution in [2.75, 3.05) is 26.2 Å². The third kappa shape index (κ3) is 10.2. The maximum absolute atomic E-state index is 8.94. The van der Waals surface area contributed by atoms with Gasteiger partial charge in [0.2, 0.25) is 0 Å². The summed E-state index contributed by atoms with van der Waals surface area (Å²) >= 11 is 0. The highest BCUT2D eigenvalue weighted by Crippen LogP contribution is 2.04. The van der Waals surface area contributed by atoms with E-state index in [0.717, 1.165) is 13.1 Å². The van der Waals surface area contributed by atoms with E-state index in [1.54, 1.807) is 0 Å². The topological polar surface area (TPSA) is 23.5 Å². The Hall–Kier alpha value is -0.0800. The smallest absolute Gasteiger partial charge is 0.0558 e. The van der Waals surface area contributed by atoms with E-state index in [4.69, 9.17) is 5.11 Å². The Labute approximate surface area is 95.7 Å². The van der Waals surface area contributed by atoms with E-state index in [9.17, 15) is 0 Å². The highest BCUT2D eigenvalue weighted by atomic mass is 16.3. The monoisotopic (exact) mass is 215 g/mol. The number of nitrogens with zero attached hydrogens (tertiary/aromatic N) is 1. The molecule has 0 aliphatic rings. The van der Waals surface area contributed by atoms with Gasteiger partial charge in [0.1, 0.15) is 0 Å². The molecule has 0 saturated heterocycles. The van der Waals surface area contributed by atoms with E-state index in [1.807, 2.05) is 0 Å². The molecule has 1 N–H and O–H groups in total. The molecule has 0 aromatic rings. The highest BCUT2D eigenvalue weighted by molar-refractivity contribution is 4.57. The lowest BCUT2D eigenvalue weighted by molar-refractivity contribution is 0.191. The quantitative estimate of drug-likeness (QED) is 0.535. The first-order valence-electron chi connectivity index (χ1n) is 6.68. The van der Waals surface area contributed by atoms with E-state index in [1.165, 1.54) is 51.5 Å². The zero-order chi connectivity index (χ0) is 11.4. The first kappa shape index (κ1) is 14.9. The molecule has 0 unspecified atom stereocenters. The Balaban J connectivity index is 3.38. The van der Waals surface area contributed by atoms with Crippen LogP contribution in [0.25, 0.3) is 0 Å². The number of rotatable bonds is 11. The maximum Gasteiger partial charge on any atom is 0.0558 e. The molecule has 15 heavy (non-hydrogen) atoms. The van der Waals surface area contributed by atoms with Crippen LogP contribution in [0.2, 0.25) is 0 Å². The second kappa shape index (κ2) is 12.0. The van der Waals surface area contributed by atoms with Gasteiger partial charge in [-0.15, -0.1) is 0 Å². The van der Waals surface area contributed by atoms with Gasteiger partial charge in [-0.3, -0.25) is 0 Å². The van der Waals surface area contributed by atoms with E-state index >= 15 is 0 Å². The average molecular weight is 215 g/mol. The fraction of sp³-hybridized carbons (Fsp3) is 1.00. The minimum Gasteiger partial charge on any atom is -0.395 e. The number of hydrogen-bond acceptors (Lipinski definition) is 2. The van der Waals surface area contributed by atoms with Gasteiger partial charge in [-0.25, -0.2) is 0 Å². The minimum absolute atomic E-state index is 0.304. The number of aliphatic hydroxyl groups is 1. The molecular formula is C13H29NO. The molecule has 2 nitrogen and oxygen atoms in total. The molecule has 0 radical (unpaired) electrons. The van der Waals surface area contributed by atoms with Gasteiger partial charge in [-0.2, -0.15) is 0 Å². The van der Waals surface area contributed by atoms with Crippen molar-refractivity contribution in [1.29, 1.82) is 0 Å². The molecule has 0 spiro atoms. The van der Waals surface area contributed by atoms with Crippen molar-refractivity contribution < 1.29 is 5.11 Å². The van der Waals surface area contributed by atoms with Crippen molar-refractivity contribution in [1.82, 2.24) is 4.90 Å². The fourth-order valence-electron chi connectivity index (χ4n) is 1.80. The first-order valence-corrected chi connectivity index (χ1v) is 6.68. The van der Waals surface area contributed by atoms with Crippen molar-refractivity contribution >= 4 is 0 Å². The van der Waals surface area contributed by atoms with Crippen LogP contribution in [-0.2, 0) is 0 Å². The van der Waals surface area contributed by atoms with Crippen molar-refractivity contribution in [3.05, 3.63) is 0 Å². The van der Waals surface area contributed by atoms with Crippen LogP contribution in [-0.4, -0.2) is 36.2 Å². The molecule has 0 bridgehead atoms. The summed E-state index contributed by atoms with van der Waals surface area (Å²) in [6, 6.07) is 0. The van der Waals surface area contributed by atoms with Gasteiger partial charge in [-0.05, 0) is 25.9 Å². The second-order valence-electron chi connectivity index (χ2n) is 4.33. The van der Waals surface area contributed by atoms with Crippen molar-refractivity contribution in [2.24, 2.45) is 0 Å². The normalized spacial score (nSPS) is 11.2. The summed E-state index contributed by atoms with van der Waals surface area (Å²) in [4.78, 5) is 2.40. The lowest BCUT2D eigenvalue weighted by Crippen LogP contribution is -2.29. The largest absolute Gasteiger partial charge is 0.395 e. The molecule has 0 aliphatic heterocycles. The van der Waals surface area contributed by atoms with Crippen LogP contribution < -0.4 is 0 Å². The lowest BCUT2D eigenvalue weighted by atomic mass is 10.1. The summed E-state index contributed by atoms with van der Waals surface area (Å²) in [7, 11) is 0. The molecule has 0 aromatic heterocycles. The standard InChI is InChI=1S/C13H29NO/c1-3-5-7-8-9-11-14(12-13-15)10-6-4-2/h15H,3-13H2,1-2H3. The van der Waals surface area contributed by atoms with Gasteiger partial charge in [0.15, 0.2) is 0 Å². The van der Waals surface area contributed by atoms with Crippen LogP contribution in [0.4, 0.5) is 0 Å². The number of hydrogen-bond donors (Lipinski definition) is 1. The Morgan fingerprint density at radius 3 is 1.93 bits per heavy atom. The average Bonchev–Trinajstić information content (AvgIpc) is 2.25. The Morgan fingerprint density at radius 2 is 1.33 bits per heavy atom. The molecule has 92 valence electrons. The molecule has 0 aliphatic carbocycles. The van der Waals surface area contributed by atoms with Gasteiger partial charge in [0.05, 0.1) is 6.61 Å². The third-order valence-electron chi connectivity index (χ3n) is 2.82. The van der Waals surface area contributed by atoms with Gasteiger partial charge in [0, 0.05) is 6.54 Å². The predicted molar refractivity (Wildman–Crippen MR) is 67.2 cm³/mol. The van der Waals surface area contributed by atoms with Crippen LogP contribution >= 0.6 is 0 Å². The second-order valence-corrected chi connectivity index (χ2v) is 4.33. The fourth-order valence-corrected chi connectivity index (χ4v) is 1.80. The highest BCUT2D eigenvalue weighted by Gasteiger charge is 2.02. The molecule has 0 amide bonds. The van der Waals surface area contributed by atoms with E-state index in [2.05, 4.69) is 18.7 Å². The zero-order valence-electron chi connectivity index (χ0n) is 10.7. The van der Waals surface area contributed by atoms with Crippen molar-refractivity contribution in [3.8, 4) is 0 Å². The molecule has 0 heterocycles. The molecule has 0 aromatic carbocycles. The van der Waals surface area contributed by atoms with Crippen LogP contribution in [0.15, 0.2) is 0 Å². The summed E-state index contributed by atoms with van der Waals surface area (Å²) < 4.78 is 0. The lowest BCUT2D eigenvalue weighted by Gasteiger charge is -2.20. The van der Waals surface area contributed by atoms with Gasteiger partial charge < -0.3 is 10.0 Å². The van der Waals surface area contributed by atoms with Gasteiger partial charge in [0.25, 0.3) is 0 Å². The summed E-state index contributed by atoms with van der Waals surface area (Å²) in [5.74, 6) is 0. The SMILES string of the molecule is CCCCCCCN(CCO)CCCC. The maximum atomic E-state index is 8.94. The Kier molecular flexibility index (Phi) is 11.9. The van der Waals surface area contributed by atoms with Crippen molar-refractivity contribution in [3.63, 3.8) is 0 Å². The van der Waals surface area contributed by atoms with Crippen LogP contribution in [0, 0.1) is 0 Å². The zero-order valence-corrected chi connectivity index (χ0v) is 10.7. The van der Waals surface area contributed by atoms with Crippen molar-refractivity contribution in [2.45, 2.75) is 58.8 Å². The van der Waals surface area contributed by atoms with E-state index in [-0.39, 0.29) is 0 Å². The van der Waals surface area contributed by atoms with E-state index in [0.29, 0.717) is 6.61 Å². The van der Waals surface area contributed by atoms with Crippen LogP contribution in [0.5, 0.6) is 0 Å². The van der Waals surface area contributed by atoms with E-state index < -0.39 is 0 Å². The predicted octanol–water partition coefficient (Wildman–Crippen LogP) is 3.05. The number of unbranched alkanes of at least 4 members (excludes halogenated alkanes) is 5. The molecule has 0 atom stereocenters. The van der Waals surface area contributed by atoms with Gasteiger partial charge in [-0.1, -0.05) is 46.0 Å². The summed E-state index contributed by atoms with van der Waals surface area (Å²) in [5.41, 5.74) is 0. The summed E-state index contributed by atoms with van der Waals surface area (Å²) in [5, 5.41) is 8.94. The summed E-state index contributed by atoms with van der Waals surface area (Å²) in [6.45, 7) is 7.96. The first-order chi connectivity index (χ1) is 7.35. The molecule has 0 saturated carbocycles. The molecule has 0 rings (SSSR count). The number of aliphatic hydroxyl groups excluding tert-OH is 1. The minimum atomic E-state index is 0.304.